The molecule has 1 saturated heterocycles. The zero-order chi connectivity index (χ0) is 9.30. The van der Waals surface area contributed by atoms with Gasteiger partial charge in [-0.2, -0.15) is 0 Å². The first kappa shape index (κ1) is 10.0. The molecule has 12 heavy (non-hydrogen) atoms. The second-order valence-electron chi connectivity index (χ2n) is 4.50. The number of hydrogen-bond acceptors (Lipinski definition) is 1. The summed E-state index contributed by atoms with van der Waals surface area (Å²) in [6, 6.07) is 1.56. The Labute approximate surface area is 77.1 Å². The van der Waals surface area contributed by atoms with Crippen LogP contribution in [-0.2, 0) is 0 Å². The summed E-state index contributed by atoms with van der Waals surface area (Å²) in [5.41, 5.74) is 0. The zero-order valence-electron chi connectivity index (χ0n) is 9.17. The number of likely N-dealkylation sites (tertiary alicyclic amines) is 1. The number of rotatable bonds is 1. The maximum Gasteiger partial charge on any atom is 0.00954 e. The minimum atomic E-state index is 0.779. The monoisotopic (exact) mass is 169 g/mol. The molecule has 0 amide bonds. The van der Waals surface area contributed by atoms with E-state index in [0.717, 1.165) is 23.9 Å². The molecule has 1 heteroatoms. The maximum atomic E-state index is 2.64. The maximum absolute atomic E-state index is 2.64. The van der Waals surface area contributed by atoms with Crippen LogP contribution in [0.1, 0.15) is 41.0 Å². The summed E-state index contributed by atoms with van der Waals surface area (Å²) in [5.74, 6) is 1.74. The van der Waals surface area contributed by atoms with Crippen LogP contribution in [0, 0.1) is 11.8 Å². The van der Waals surface area contributed by atoms with Crippen LogP contribution in [0.15, 0.2) is 0 Å². The Morgan fingerprint density at radius 2 is 1.42 bits per heavy atom. The molecule has 1 aliphatic heterocycles. The van der Waals surface area contributed by atoms with Crippen molar-refractivity contribution in [2.75, 3.05) is 6.54 Å². The second kappa shape index (κ2) is 3.78. The summed E-state index contributed by atoms with van der Waals surface area (Å²) < 4.78 is 0. The van der Waals surface area contributed by atoms with E-state index in [1.807, 2.05) is 0 Å². The van der Waals surface area contributed by atoms with E-state index < -0.39 is 0 Å². The van der Waals surface area contributed by atoms with Gasteiger partial charge in [0, 0.05) is 12.1 Å². The van der Waals surface area contributed by atoms with Crippen molar-refractivity contribution in [3.63, 3.8) is 0 Å². The Morgan fingerprint density at radius 1 is 1.00 bits per heavy atom. The van der Waals surface area contributed by atoms with Crippen molar-refractivity contribution in [2.24, 2.45) is 11.8 Å². The highest BCUT2D eigenvalue weighted by Crippen LogP contribution is 2.31. The average Bonchev–Trinajstić information content (AvgIpc) is 2.02. The third-order valence-electron chi connectivity index (χ3n) is 3.80. The highest BCUT2D eigenvalue weighted by Gasteiger charge is 2.32. The van der Waals surface area contributed by atoms with E-state index in [2.05, 4.69) is 39.5 Å². The molecular formula is C11H23N. The predicted octanol–water partition coefficient (Wildman–Crippen LogP) is 2.76. The second-order valence-corrected chi connectivity index (χ2v) is 4.50. The smallest absolute Gasteiger partial charge is 0.00954 e. The Hall–Kier alpha value is -0.0400. The number of hydrogen-bond donors (Lipinski definition) is 0. The first-order chi connectivity index (χ1) is 5.57. The topological polar surface area (TPSA) is 3.24 Å². The molecule has 4 atom stereocenters. The lowest BCUT2D eigenvalue weighted by Crippen LogP contribution is -2.51. The highest BCUT2D eigenvalue weighted by molar-refractivity contribution is 4.86. The summed E-state index contributed by atoms with van der Waals surface area (Å²) in [4.78, 5) is 2.64. The van der Waals surface area contributed by atoms with E-state index in [1.54, 1.807) is 0 Å². The molecule has 0 N–H and O–H groups in total. The van der Waals surface area contributed by atoms with Gasteiger partial charge < -0.3 is 0 Å². The van der Waals surface area contributed by atoms with Crippen molar-refractivity contribution in [3.8, 4) is 0 Å². The van der Waals surface area contributed by atoms with E-state index in [1.165, 1.54) is 13.0 Å². The summed E-state index contributed by atoms with van der Waals surface area (Å²) in [6.07, 6.45) is 1.40. The third-order valence-corrected chi connectivity index (χ3v) is 3.80. The summed E-state index contributed by atoms with van der Waals surface area (Å²) >= 11 is 0. The predicted molar refractivity (Wildman–Crippen MR) is 54.2 cm³/mol. The highest BCUT2D eigenvalue weighted by atomic mass is 15.2. The quantitative estimate of drug-likeness (QED) is 0.583. The fourth-order valence-electron chi connectivity index (χ4n) is 2.58. The van der Waals surface area contributed by atoms with Crippen molar-refractivity contribution in [2.45, 2.75) is 53.1 Å². The van der Waals surface area contributed by atoms with E-state index >= 15 is 0 Å². The Morgan fingerprint density at radius 3 is 1.75 bits per heavy atom. The molecule has 0 saturated carbocycles. The molecule has 0 aromatic heterocycles. The Bertz CT molecular complexity index is 130. The van der Waals surface area contributed by atoms with E-state index in [4.69, 9.17) is 0 Å². The van der Waals surface area contributed by atoms with E-state index in [0.29, 0.717) is 0 Å². The Balaban J connectivity index is 2.67. The SMILES string of the molecule is CCN1C(C)C(C)CC(C)C1C. The molecule has 0 radical (unpaired) electrons. The van der Waals surface area contributed by atoms with Crippen LogP contribution in [0.3, 0.4) is 0 Å². The molecule has 1 aliphatic rings. The first-order valence-corrected chi connectivity index (χ1v) is 5.33. The van der Waals surface area contributed by atoms with Gasteiger partial charge in [0.1, 0.15) is 0 Å². The third kappa shape index (κ3) is 1.66. The van der Waals surface area contributed by atoms with Crippen molar-refractivity contribution < 1.29 is 0 Å². The minimum absolute atomic E-state index is 0.779. The molecule has 72 valence electrons. The lowest BCUT2D eigenvalue weighted by Gasteiger charge is -2.45. The summed E-state index contributed by atoms with van der Waals surface area (Å²) in [7, 11) is 0. The fraction of sp³-hybridized carbons (Fsp3) is 1.00. The van der Waals surface area contributed by atoms with E-state index in [-0.39, 0.29) is 0 Å². The van der Waals surface area contributed by atoms with Crippen LogP contribution in [0.2, 0.25) is 0 Å². The molecule has 0 bridgehead atoms. The van der Waals surface area contributed by atoms with Crippen molar-refractivity contribution in [1.82, 2.24) is 4.90 Å². The van der Waals surface area contributed by atoms with Gasteiger partial charge in [0.15, 0.2) is 0 Å². The molecule has 1 rings (SSSR count). The van der Waals surface area contributed by atoms with Gasteiger partial charge in [0.2, 0.25) is 0 Å². The first-order valence-electron chi connectivity index (χ1n) is 5.33. The Kier molecular flexibility index (Phi) is 3.16. The summed E-state index contributed by atoms with van der Waals surface area (Å²) in [6.45, 7) is 13.0. The summed E-state index contributed by atoms with van der Waals surface area (Å²) in [5, 5.41) is 0. The van der Waals surface area contributed by atoms with Gasteiger partial charge in [-0.3, -0.25) is 4.90 Å². The van der Waals surface area contributed by atoms with E-state index in [9.17, 15) is 0 Å². The standard InChI is InChI=1S/C11H23N/c1-6-12-10(4)8(2)7-9(3)11(12)5/h8-11H,6-7H2,1-5H3. The zero-order valence-corrected chi connectivity index (χ0v) is 9.17. The molecule has 0 spiro atoms. The van der Waals surface area contributed by atoms with Crippen LogP contribution >= 0.6 is 0 Å². The minimum Gasteiger partial charge on any atom is -0.298 e. The molecule has 1 nitrogen and oxygen atoms in total. The van der Waals surface area contributed by atoms with Gasteiger partial charge in [-0.25, -0.2) is 0 Å². The molecule has 0 aromatic carbocycles. The van der Waals surface area contributed by atoms with Gasteiger partial charge in [-0.05, 0) is 38.6 Å². The molecule has 4 unspecified atom stereocenters. The number of piperidine rings is 1. The average molecular weight is 169 g/mol. The lowest BCUT2D eigenvalue weighted by molar-refractivity contribution is 0.0326. The van der Waals surface area contributed by atoms with Crippen LogP contribution < -0.4 is 0 Å². The molecule has 1 heterocycles. The van der Waals surface area contributed by atoms with Gasteiger partial charge >= 0.3 is 0 Å². The van der Waals surface area contributed by atoms with Crippen LogP contribution in [0.4, 0.5) is 0 Å². The van der Waals surface area contributed by atoms with Crippen molar-refractivity contribution in [3.05, 3.63) is 0 Å². The van der Waals surface area contributed by atoms with Gasteiger partial charge in [-0.1, -0.05) is 20.8 Å². The fourth-order valence-corrected chi connectivity index (χ4v) is 2.58. The molecular weight excluding hydrogens is 146 g/mol. The van der Waals surface area contributed by atoms with Crippen molar-refractivity contribution in [1.29, 1.82) is 0 Å². The van der Waals surface area contributed by atoms with Gasteiger partial charge in [0.25, 0.3) is 0 Å². The molecule has 0 aliphatic carbocycles. The van der Waals surface area contributed by atoms with Crippen LogP contribution in [-0.4, -0.2) is 23.5 Å². The molecule has 0 aromatic rings. The van der Waals surface area contributed by atoms with Gasteiger partial charge in [0.05, 0.1) is 0 Å². The van der Waals surface area contributed by atoms with Crippen LogP contribution in [0.5, 0.6) is 0 Å². The van der Waals surface area contributed by atoms with Crippen molar-refractivity contribution >= 4 is 0 Å². The lowest BCUT2D eigenvalue weighted by atomic mass is 9.81. The van der Waals surface area contributed by atoms with Gasteiger partial charge in [-0.15, -0.1) is 0 Å². The largest absolute Gasteiger partial charge is 0.298 e. The number of nitrogens with zero attached hydrogens (tertiary/aromatic N) is 1. The molecule has 1 fully saturated rings. The normalized spacial score (nSPS) is 44.8. The van der Waals surface area contributed by atoms with Crippen LogP contribution in [0.25, 0.3) is 0 Å².